The van der Waals surface area contributed by atoms with E-state index in [1.165, 1.54) is 17.2 Å². The second-order valence-electron chi connectivity index (χ2n) is 5.68. The van der Waals surface area contributed by atoms with E-state index < -0.39 is 36.6 Å². The molecule has 0 aromatic carbocycles. The normalized spacial score (nSPS) is 27.6. The first-order valence-electron chi connectivity index (χ1n) is 7.46. The molecule has 1 fully saturated rings. The number of nitrogen functional groups attached to an aromatic ring is 1. The third-order valence-corrected chi connectivity index (χ3v) is 6.46. The molecule has 1 aliphatic heterocycles. The summed E-state index contributed by atoms with van der Waals surface area (Å²) in [6, 6.07) is -0.795. The summed E-state index contributed by atoms with van der Waals surface area (Å²) in [6.07, 6.45) is -1.06. The van der Waals surface area contributed by atoms with E-state index in [-0.39, 0.29) is 20.8 Å². The number of fused-ring (bicyclic) bond motifs is 1. The molecule has 1 saturated heterocycles. The van der Waals surface area contributed by atoms with Gasteiger partial charge >= 0.3 is 148 Å². The molecule has 7 N–H and O–H groups in total. The average molecular weight is 417 g/mol. The van der Waals surface area contributed by atoms with E-state index in [1.807, 2.05) is 0 Å². The zero-order chi connectivity index (χ0) is 18.1. The number of anilines is 1. The Morgan fingerprint density at radius 1 is 1.44 bits per heavy atom. The third kappa shape index (κ3) is 3.45. The Morgan fingerprint density at radius 3 is 2.92 bits per heavy atom. The van der Waals surface area contributed by atoms with Crippen molar-refractivity contribution in [3.63, 3.8) is 0 Å². The second-order valence-corrected chi connectivity index (χ2v) is 7.94. The Kier molecular flexibility index (Phi) is 5.18. The molecule has 12 heteroatoms. The van der Waals surface area contributed by atoms with E-state index >= 15 is 0 Å². The second kappa shape index (κ2) is 7.20. The number of rotatable bonds is 6. The Balaban J connectivity index is 1.71. The number of nitrogens with two attached hydrogens (primary N) is 1. The topological polar surface area (TPSA) is 187 Å². The molecule has 3 rings (SSSR count). The van der Waals surface area contributed by atoms with Crippen LogP contribution in [0.4, 0.5) is 5.82 Å². The van der Waals surface area contributed by atoms with Gasteiger partial charge in [0.15, 0.2) is 0 Å². The maximum atomic E-state index is 10.7. The van der Waals surface area contributed by atoms with Gasteiger partial charge in [-0.3, -0.25) is 0 Å². The molecule has 0 aliphatic carbocycles. The fourth-order valence-electron chi connectivity index (χ4n) is 2.55. The van der Waals surface area contributed by atoms with Gasteiger partial charge in [0.1, 0.15) is 0 Å². The summed E-state index contributed by atoms with van der Waals surface area (Å²) in [7, 11) is 0. The first kappa shape index (κ1) is 18.0. The zero-order valence-corrected chi connectivity index (χ0v) is 14.8. The van der Waals surface area contributed by atoms with Crippen molar-refractivity contribution in [2.24, 2.45) is 0 Å². The summed E-state index contributed by atoms with van der Waals surface area (Å²) in [6.45, 7) is 0. The molecule has 0 unspecified atom stereocenters. The molecule has 25 heavy (non-hydrogen) atoms. The first-order chi connectivity index (χ1) is 11.9. The van der Waals surface area contributed by atoms with E-state index in [1.54, 1.807) is 0 Å². The molecule has 2 aromatic heterocycles. The standard InChI is InChI=1S/C13H18N6O5Se/c14-5(13(22)23)1-25-2-6-8(20)9(21)12(24-6)19-4-18-7-10(15)16-3-17-11(7)19/h3-6,8-9,12,20-21H,1-2,14H2,(H,22,23)(H2,15,16,17)/t5-,6+,8+,9+,12+/m0/s1. The number of hydrogen-bond acceptors (Lipinski definition) is 9. The van der Waals surface area contributed by atoms with E-state index in [4.69, 9.17) is 10.5 Å². The predicted molar refractivity (Wildman–Crippen MR) is 82.7 cm³/mol. The van der Waals surface area contributed by atoms with Crippen LogP contribution in [0.1, 0.15) is 6.23 Å². The van der Waals surface area contributed by atoms with E-state index in [0.717, 1.165) is 0 Å². The number of hydrogen-bond donors (Lipinski definition) is 4. The first-order valence-corrected chi connectivity index (χ1v) is 9.88. The summed E-state index contributed by atoms with van der Waals surface area (Å²) in [5, 5.41) is 32.0. The Bertz CT molecular complexity index is 772. The van der Waals surface area contributed by atoms with Gasteiger partial charge in [-0.1, -0.05) is 0 Å². The van der Waals surface area contributed by atoms with Gasteiger partial charge in [0.2, 0.25) is 0 Å². The summed E-state index contributed by atoms with van der Waals surface area (Å²) in [5.74, 6) is -0.990. The maximum absolute atomic E-state index is 10.7. The number of carboxylic acids is 1. The number of carboxylic acid groups (broad SMARTS) is 1. The molecule has 0 spiro atoms. The van der Waals surface area contributed by atoms with Crippen molar-refractivity contribution in [1.82, 2.24) is 19.5 Å². The molecule has 5 atom stereocenters. The van der Waals surface area contributed by atoms with Crippen molar-refractivity contribution in [3.8, 4) is 0 Å². The number of aliphatic hydroxyl groups excluding tert-OH is 2. The zero-order valence-electron chi connectivity index (χ0n) is 13.1. The van der Waals surface area contributed by atoms with Crippen molar-refractivity contribution >= 4 is 37.9 Å². The van der Waals surface area contributed by atoms with E-state index in [0.29, 0.717) is 21.8 Å². The molecule has 2 aromatic rings. The molecular weight excluding hydrogens is 399 g/mol. The minimum absolute atomic E-state index is 0.129. The number of aliphatic carboxylic acids is 1. The number of nitrogens with zero attached hydrogens (tertiary/aromatic N) is 4. The van der Waals surface area contributed by atoms with Crippen LogP contribution < -0.4 is 16.6 Å². The number of carbonyl (C=O) groups excluding carboxylic acids is 1. The van der Waals surface area contributed by atoms with Gasteiger partial charge in [0.25, 0.3) is 0 Å². The fraction of sp³-hybridized carbons (Fsp3) is 0.538. The van der Waals surface area contributed by atoms with Gasteiger partial charge < -0.3 is 0 Å². The number of aliphatic hydroxyl groups is 2. The van der Waals surface area contributed by atoms with Crippen LogP contribution in [0.15, 0.2) is 12.7 Å². The number of ether oxygens (including phenoxy) is 1. The van der Waals surface area contributed by atoms with E-state index in [9.17, 15) is 20.1 Å². The predicted octanol–water partition coefficient (Wildman–Crippen LogP) is -4.07. The molecule has 1 aliphatic rings. The molecule has 0 bridgehead atoms. The van der Waals surface area contributed by atoms with Gasteiger partial charge in [0.05, 0.1) is 0 Å². The molecule has 0 amide bonds. The quantitative estimate of drug-likeness (QED) is 0.339. The van der Waals surface area contributed by atoms with Gasteiger partial charge in [-0.25, -0.2) is 0 Å². The SMILES string of the molecule is Nc1ncnc2c1ncn2[C@@H]1O[C@H](C[Se]C[C@H]([NH3+])C(=O)[O-])[C@@H](O)[C@H]1O. The molecule has 3 heterocycles. The third-order valence-electron chi connectivity index (χ3n) is 3.93. The number of quaternary nitrogens is 1. The van der Waals surface area contributed by atoms with Crippen LogP contribution in [0.5, 0.6) is 0 Å². The van der Waals surface area contributed by atoms with Crippen LogP contribution in [-0.4, -0.2) is 75.0 Å². The summed E-state index contributed by atoms with van der Waals surface area (Å²) >= 11 is -0.129. The molecule has 0 radical (unpaired) electrons. The van der Waals surface area contributed by atoms with Crippen LogP contribution in [0.2, 0.25) is 10.6 Å². The molecule has 136 valence electrons. The fourth-order valence-corrected chi connectivity index (χ4v) is 4.78. The molecular formula is C13H18N6O5Se. The van der Waals surface area contributed by atoms with Crippen LogP contribution in [-0.2, 0) is 9.53 Å². The summed E-state index contributed by atoms with van der Waals surface area (Å²) in [4.78, 5) is 22.7. The van der Waals surface area contributed by atoms with Gasteiger partial charge in [-0.05, 0) is 0 Å². The van der Waals surface area contributed by atoms with Crippen molar-refractivity contribution in [3.05, 3.63) is 12.7 Å². The van der Waals surface area contributed by atoms with Gasteiger partial charge in [-0.2, -0.15) is 0 Å². The van der Waals surface area contributed by atoms with Crippen LogP contribution >= 0.6 is 0 Å². The molecule has 11 nitrogen and oxygen atoms in total. The van der Waals surface area contributed by atoms with Gasteiger partial charge in [-0.15, -0.1) is 0 Å². The van der Waals surface area contributed by atoms with Crippen molar-refractivity contribution < 1.29 is 30.6 Å². The number of aromatic nitrogens is 4. The van der Waals surface area contributed by atoms with Crippen molar-refractivity contribution in [2.45, 2.75) is 41.2 Å². The van der Waals surface area contributed by atoms with Crippen LogP contribution in [0.25, 0.3) is 11.2 Å². The Labute approximate surface area is 148 Å². The monoisotopic (exact) mass is 418 g/mol. The van der Waals surface area contributed by atoms with Gasteiger partial charge in [0, 0.05) is 0 Å². The van der Waals surface area contributed by atoms with Crippen LogP contribution in [0, 0.1) is 0 Å². The van der Waals surface area contributed by atoms with Crippen LogP contribution in [0.3, 0.4) is 0 Å². The molecule has 0 saturated carbocycles. The Hall–Kier alpha value is -1.82. The minimum atomic E-state index is -1.20. The van der Waals surface area contributed by atoms with Crippen molar-refractivity contribution in [2.75, 3.05) is 5.73 Å². The average Bonchev–Trinajstić information content (AvgIpc) is 3.12. The van der Waals surface area contributed by atoms with E-state index in [2.05, 4.69) is 20.7 Å². The summed E-state index contributed by atoms with van der Waals surface area (Å²) < 4.78 is 7.27. The van der Waals surface area contributed by atoms with Crippen molar-refractivity contribution in [1.29, 1.82) is 0 Å². The summed E-state index contributed by atoms with van der Waals surface area (Å²) in [5.41, 5.74) is 10.0. The number of carbonyl (C=O) groups is 1. The Morgan fingerprint density at radius 2 is 2.20 bits per heavy atom. The number of imidazole rings is 1.